The van der Waals surface area contributed by atoms with E-state index in [1.165, 1.54) is 0 Å². The van der Waals surface area contributed by atoms with Crippen LogP contribution in [0.5, 0.6) is 0 Å². The molecular weight excluding hydrogens is 347 g/mol. The van der Waals surface area contributed by atoms with E-state index in [1.807, 2.05) is 22.6 Å². The fraction of sp³-hybridized carbons (Fsp3) is 0.417. The van der Waals surface area contributed by atoms with Gasteiger partial charge in [-0.05, 0) is 47.2 Å². The molecule has 1 rings (SSSR count). The normalized spacial score (nSPS) is 11.3. The first-order valence-corrected chi connectivity index (χ1v) is 6.65. The number of halogens is 1. The molecule has 1 aromatic carbocycles. The van der Waals surface area contributed by atoms with Crippen LogP contribution in [-0.4, -0.2) is 34.9 Å². The summed E-state index contributed by atoms with van der Waals surface area (Å²) in [6, 6.07) is 4.94. The van der Waals surface area contributed by atoms with Crippen LogP contribution in [-0.2, 0) is 0 Å². The van der Waals surface area contributed by atoms with E-state index in [9.17, 15) is 15.0 Å². The number of hydrogen-bond acceptors (Lipinski definition) is 4. The Morgan fingerprint density at radius 1 is 1.44 bits per heavy atom. The second-order valence-corrected chi connectivity index (χ2v) is 5.30. The topological polar surface area (TPSA) is 95.6 Å². The van der Waals surface area contributed by atoms with Gasteiger partial charge in [0, 0.05) is 14.8 Å². The third kappa shape index (κ3) is 3.33. The molecule has 5 nitrogen and oxygen atoms in total. The monoisotopic (exact) mass is 364 g/mol. The van der Waals surface area contributed by atoms with Crippen LogP contribution >= 0.6 is 22.6 Å². The van der Waals surface area contributed by atoms with Gasteiger partial charge in [0.1, 0.15) is 0 Å². The quantitative estimate of drug-likeness (QED) is 0.458. The van der Waals surface area contributed by atoms with Gasteiger partial charge in [-0.1, -0.05) is 6.92 Å². The predicted molar refractivity (Wildman–Crippen MR) is 78.2 cm³/mol. The van der Waals surface area contributed by atoms with E-state index >= 15 is 0 Å². The van der Waals surface area contributed by atoms with Crippen molar-refractivity contribution in [2.75, 3.05) is 18.9 Å². The highest BCUT2D eigenvalue weighted by molar-refractivity contribution is 14.1. The van der Waals surface area contributed by atoms with E-state index in [0.717, 1.165) is 3.57 Å². The predicted octanol–water partition coefficient (Wildman–Crippen LogP) is 0.737. The summed E-state index contributed by atoms with van der Waals surface area (Å²) in [5.41, 5.74) is 5.75. The molecule has 0 bridgehead atoms. The number of carbonyl (C=O) groups is 1. The number of amides is 1. The zero-order valence-corrected chi connectivity index (χ0v) is 12.3. The van der Waals surface area contributed by atoms with Crippen LogP contribution in [0.25, 0.3) is 0 Å². The Kier molecular flexibility index (Phi) is 5.36. The SMILES string of the molecule is CCC(CO)(CO)NC(=O)c1ccc(N)c(I)c1. The number of anilines is 1. The number of aliphatic hydroxyl groups is 2. The Morgan fingerprint density at radius 3 is 2.50 bits per heavy atom. The summed E-state index contributed by atoms with van der Waals surface area (Å²) in [5.74, 6) is -0.335. The van der Waals surface area contributed by atoms with Crippen LogP contribution in [0.1, 0.15) is 23.7 Å². The highest BCUT2D eigenvalue weighted by Gasteiger charge is 2.28. The molecule has 0 unspecified atom stereocenters. The Balaban J connectivity index is 2.90. The van der Waals surface area contributed by atoms with Crippen molar-refractivity contribution in [1.29, 1.82) is 0 Å². The van der Waals surface area contributed by atoms with Crippen molar-refractivity contribution < 1.29 is 15.0 Å². The second-order valence-electron chi connectivity index (χ2n) is 4.14. The largest absolute Gasteiger partial charge is 0.398 e. The molecule has 0 saturated heterocycles. The van der Waals surface area contributed by atoms with E-state index in [-0.39, 0.29) is 19.1 Å². The lowest BCUT2D eigenvalue weighted by Crippen LogP contribution is -2.53. The smallest absolute Gasteiger partial charge is 0.251 e. The first-order chi connectivity index (χ1) is 8.48. The van der Waals surface area contributed by atoms with Crippen molar-refractivity contribution in [3.8, 4) is 0 Å². The number of carbonyl (C=O) groups excluding carboxylic acids is 1. The molecule has 0 fully saturated rings. The molecule has 5 N–H and O–H groups in total. The van der Waals surface area contributed by atoms with E-state index in [0.29, 0.717) is 17.7 Å². The molecule has 1 amide bonds. The zero-order chi connectivity index (χ0) is 13.8. The van der Waals surface area contributed by atoms with Crippen molar-refractivity contribution >= 4 is 34.2 Å². The van der Waals surface area contributed by atoms with Gasteiger partial charge in [0.25, 0.3) is 5.91 Å². The van der Waals surface area contributed by atoms with Crippen LogP contribution in [0.4, 0.5) is 5.69 Å². The summed E-state index contributed by atoms with van der Waals surface area (Å²) in [5, 5.41) is 21.2. The first kappa shape index (κ1) is 15.2. The molecule has 6 heteroatoms. The van der Waals surface area contributed by atoms with Gasteiger partial charge >= 0.3 is 0 Å². The molecule has 100 valence electrons. The Labute approximate surface area is 120 Å². The number of benzene rings is 1. The Bertz CT molecular complexity index is 425. The lowest BCUT2D eigenvalue weighted by molar-refractivity contribution is 0.0653. The molecule has 1 aromatic rings. The molecule has 0 spiro atoms. The van der Waals surface area contributed by atoms with Gasteiger partial charge in [0.2, 0.25) is 0 Å². The molecule has 0 heterocycles. The summed E-state index contributed by atoms with van der Waals surface area (Å²) in [4.78, 5) is 12.0. The maximum Gasteiger partial charge on any atom is 0.251 e. The zero-order valence-electron chi connectivity index (χ0n) is 10.1. The minimum absolute atomic E-state index is 0.308. The average Bonchev–Trinajstić information content (AvgIpc) is 2.39. The maximum absolute atomic E-state index is 12.0. The molecule has 18 heavy (non-hydrogen) atoms. The summed E-state index contributed by atoms with van der Waals surface area (Å²) in [6.07, 6.45) is 0.442. The minimum atomic E-state index is -0.982. The van der Waals surface area contributed by atoms with Gasteiger partial charge < -0.3 is 21.3 Å². The van der Waals surface area contributed by atoms with Crippen LogP contribution in [0.2, 0.25) is 0 Å². The highest BCUT2D eigenvalue weighted by atomic mass is 127. The highest BCUT2D eigenvalue weighted by Crippen LogP contribution is 2.17. The number of rotatable bonds is 5. The van der Waals surface area contributed by atoms with Crippen molar-refractivity contribution in [2.24, 2.45) is 0 Å². The fourth-order valence-electron chi connectivity index (χ4n) is 1.42. The maximum atomic E-state index is 12.0. The third-order valence-corrected chi connectivity index (χ3v) is 3.86. The average molecular weight is 364 g/mol. The van der Waals surface area contributed by atoms with Crippen LogP contribution in [0.15, 0.2) is 18.2 Å². The molecule has 0 radical (unpaired) electrons. The summed E-state index contributed by atoms with van der Waals surface area (Å²) >= 11 is 2.04. The van der Waals surface area contributed by atoms with Gasteiger partial charge in [-0.15, -0.1) is 0 Å². The van der Waals surface area contributed by atoms with Crippen molar-refractivity contribution in [3.05, 3.63) is 27.3 Å². The number of aliphatic hydroxyl groups excluding tert-OH is 2. The first-order valence-electron chi connectivity index (χ1n) is 5.57. The van der Waals surface area contributed by atoms with E-state index in [4.69, 9.17) is 5.73 Å². The van der Waals surface area contributed by atoms with E-state index in [2.05, 4.69) is 5.32 Å². The van der Waals surface area contributed by atoms with Gasteiger partial charge in [0.15, 0.2) is 0 Å². The standard InChI is InChI=1S/C12H17IN2O3/c1-2-12(6-16,7-17)15-11(18)8-3-4-10(14)9(13)5-8/h3-5,16-17H,2,6-7,14H2,1H3,(H,15,18). The Hall–Kier alpha value is -0.860. The number of nitrogens with two attached hydrogens (primary N) is 1. The van der Waals surface area contributed by atoms with E-state index < -0.39 is 5.54 Å². The molecular formula is C12H17IN2O3. The number of nitrogens with one attached hydrogen (secondary N) is 1. The molecule has 0 aliphatic rings. The molecule has 0 aliphatic carbocycles. The Morgan fingerprint density at radius 2 is 2.06 bits per heavy atom. The molecule has 0 saturated carbocycles. The minimum Gasteiger partial charge on any atom is -0.398 e. The van der Waals surface area contributed by atoms with Gasteiger partial charge in [-0.25, -0.2) is 0 Å². The number of nitrogen functional groups attached to an aromatic ring is 1. The lowest BCUT2D eigenvalue weighted by Gasteiger charge is -2.29. The second kappa shape index (κ2) is 6.35. The van der Waals surface area contributed by atoms with Crippen LogP contribution < -0.4 is 11.1 Å². The summed E-state index contributed by atoms with van der Waals surface area (Å²) in [7, 11) is 0. The van der Waals surface area contributed by atoms with Crippen molar-refractivity contribution in [2.45, 2.75) is 18.9 Å². The molecule has 0 aliphatic heterocycles. The van der Waals surface area contributed by atoms with Crippen LogP contribution in [0.3, 0.4) is 0 Å². The van der Waals surface area contributed by atoms with Gasteiger partial charge in [0.05, 0.1) is 18.8 Å². The molecule has 0 aromatic heterocycles. The van der Waals surface area contributed by atoms with Crippen LogP contribution in [0, 0.1) is 3.57 Å². The fourth-order valence-corrected chi connectivity index (χ4v) is 1.94. The third-order valence-electron chi connectivity index (χ3n) is 2.92. The molecule has 0 atom stereocenters. The summed E-state index contributed by atoms with van der Waals surface area (Å²) < 4.78 is 0.787. The van der Waals surface area contributed by atoms with Crippen molar-refractivity contribution in [3.63, 3.8) is 0 Å². The summed E-state index contributed by atoms with van der Waals surface area (Å²) in [6.45, 7) is 1.18. The van der Waals surface area contributed by atoms with Crippen molar-refractivity contribution in [1.82, 2.24) is 5.32 Å². The van der Waals surface area contributed by atoms with Gasteiger partial charge in [-0.2, -0.15) is 0 Å². The van der Waals surface area contributed by atoms with E-state index in [1.54, 1.807) is 25.1 Å². The van der Waals surface area contributed by atoms with Gasteiger partial charge in [-0.3, -0.25) is 4.79 Å². The number of hydrogen-bond donors (Lipinski definition) is 4. The lowest BCUT2D eigenvalue weighted by atomic mass is 9.98.